The molecule has 1 aliphatic rings. The van der Waals surface area contributed by atoms with E-state index in [1.807, 2.05) is 19.1 Å². The Hall–Kier alpha value is -4.33. The zero-order chi connectivity index (χ0) is 27.9. The molecule has 2 aromatic carbocycles. The molecule has 5 rings (SSSR count). The number of halogens is 3. The zero-order valence-electron chi connectivity index (χ0n) is 20.4. The molecule has 204 valence electrons. The normalized spacial score (nSPS) is 13.5. The molecule has 39 heavy (non-hydrogen) atoms. The van der Waals surface area contributed by atoms with Crippen LogP contribution in [0.2, 0.25) is 0 Å². The van der Waals surface area contributed by atoms with Crippen LogP contribution in [0.3, 0.4) is 0 Å². The predicted octanol–water partition coefficient (Wildman–Crippen LogP) is 3.99. The molecule has 14 heteroatoms. The first-order chi connectivity index (χ1) is 18.4. The van der Waals surface area contributed by atoms with Crippen LogP contribution in [-0.2, 0) is 23.1 Å². The molecule has 0 saturated carbocycles. The fourth-order valence-electron chi connectivity index (χ4n) is 4.37. The molecule has 0 aliphatic carbocycles. The predicted molar refractivity (Wildman–Crippen MR) is 135 cm³/mol. The van der Waals surface area contributed by atoms with Gasteiger partial charge in [0.15, 0.2) is 0 Å². The zero-order valence-corrected chi connectivity index (χ0v) is 21.3. The van der Waals surface area contributed by atoms with Gasteiger partial charge >= 0.3 is 15.6 Å². The third-order valence-electron chi connectivity index (χ3n) is 6.11. The number of alkyl halides is 3. The van der Waals surface area contributed by atoms with Crippen LogP contribution in [0.5, 0.6) is 11.6 Å². The lowest BCUT2D eigenvalue weighted by atomic mass is 10.1. The van der Waals surface area contributed by atoms with Gasteiger partial charge in [0.25, 0.3) is 0 Å². The van der Waals surface area contributed by atoms with E-state index in [2.05, 4.69) is 14.5 Å². The molecule has 0 saturated heterocycles. The minimum Gasteiger partial charge on any atom is -0.477 e. The second-order valence-corrected chi connectivity index (χ2v) is 10.4. The number of benzene rings is 2. The standard InChI is InChI=1S/C25H22F3N5O5S/c1-14-11-19-17(21(29)34)7-3-9-20(19)33(14)24-31-22(18-8-4-10-37-23(18)32-24)30-13-15-5-2-6-16(12-15)38-39(35,36)25(26,27)28/h2-3,5-7,9,11-12H,4,8,10,13H2,1H3,(H2,29,34)(H,30,31,32). The third kappa shape index (κ3) is 5.06. The van der Waals surface area contributed by atoms with Crippen molar-refractivity contribution in [1.82, 2.24) is 14.5 Å². The molecule has 0 atom stereocenters. The van der Waals surface area contributed by atoms with Gasteiger partial charge in [0, 0.05) is 23.2 Å². The van der Waals surface area contributed by atoms with Crippen LogP contribution in [0.1, 0.15) is 33.6 Å². The van der Waals surface area contributed by atoms with Gasteiger partial charge in [-0.15, -0.1) is 0 Å². The van der Waals surface area contributed by atoms with Gasteiger partial charge in [0.1, 0.15) is 11.6 Å². The van der Waals surface area contributed by atoms with E-state index in [-0.39, 0.29) is 12.5 Å². The molecule has 3 heterocycles. The summed E-state index contributed by atoms with van der Waals surface area (Å²) in [5.74, 6) is 0.0652. The van der Waals surface area contributed by atoms with E-state index in [0.29, 0.717) is 46.8 Å². The number of aromatic nitrogens is 3. The summed E-state index contributed by atoms with van der Waals surface area (Å²) in [4.78, 5) is 21.3. The van der Waals surface area contributed by atoms with Crippen molar-refractivity contribution >= 4 is 32.7 Å². The smallest absolute Gasteiger partial charge is 0.477 e. The van der Waals surface area contributed by atoms with Gasteiger partial charge in [-0.2, -0.15) is 31.6 Å². The molecular formula is C25H22F3N5O5S. The van der Waals surface area contributed by atoms with Crippen molar-refractivity contribution in [3.05, 3.63) is 70.9 Å². The van der Waals surface area contributed by atoms with Gasteiger partial charge in [-0.3, -0.25) is 9.36 Å². The summed E-state index contributed by atoms with van der Waals surface area (Å²) >= 11 is 0. The van der Waals surface area contributed by atoms with Crippen LogP contribution in [0.25, 0.3) is 16.9 Å². The van der Waals surface area contributed by atoms with Gasteiger partial charge < -0.3 is 20.0 Å². The summed E-state index contributed by atoms with van der Waals surface area (Å²) in [6.07, 6.45) is 1.36. The highest BCUT2D eigenvalue weighted by Gasteiger charge is 2.48. The van der Waals surface area contributed by atoms with E-state index in [1.165, 1.54) is 12.1 Å². The molecule has 2 aromatic heterocycles. The Bertz CT molecular complexity index is 1700. The van der Waals surface area contributed by atoms with E-state index >= 15 is 0 Å². The highest BCUT2D eigenvalue weighted by molar-refractivity contribution is 7.88. The van der Waals surface area contributed by atoms with Gasteiger partial charge in [-0.05, 0) is 55.7 Å². The van der Waals surface area contributed by atoms with Gasteiger partial charge in [-0.25, -0.2) is 0 Å². The number of fused-ring (bicyclic) bond motifs is 2. The highest BCUT2D eigenvalue weighted by atomic mass is 32.2. The molecule has 0 unspecified atom stereocenters. The van der Waals surface area contributed by atoms with Crippen LogP contribution in [0.4, 0.5) is 19.0 Å². The van der Waals surface area contributed by atoms with Crippen LogP contribution in [0.15, 0.2) is 48.5 Å². The number of rotatable bonds is 7. The maximum absolute atomic E-state index is 12.7. The topological polar surface area (TPSA) is 138 Å². The Balaban J connectivity index is 1.49. The van der Waals surface area contributed by atoms with Crippen molar-refractivity contribution in [3.8, 4) is 17.6 Å². The van der Waals surface area contributed by atoms with Crippen molar-refractivity contribution in [2.24, 2.45) is 5.73 Å². The van der Waals surface area contributed by atoms with Crippen molar-refractivity contribution < 1.29 is 35.3 Å². The lowest BCUT2D eigenvalue weighted by molar-refractivity contribution is -0.0500. The van der Waals surface area contributed by atoms with E-state index in [0.717, 1.165) is 23.7 Å². The number of nitrogens with zero attached hydrogens (tertiary/aromatic N) is 3. The Labute approximate surface area is 220 Å². The van der Waals surface area contributed by atoms with Gasteiger partial charge in [0.05, 0.1) is 17.7 Å². The van der Waals surface area contributed by atoms with E-state index in [4.69, 9.17) is 15.5 Å². The number of primary amides is 1. The van der Waals surface area contributed by atoms with Crippen LogP contribution in [0, 0.1) is 6.92 Å². The quantitative estimate of drug-likeness (QED) is 0.255. The number of nitrogens with two attached hydrogens (primary N) is 1. The largest absolute Gasteiger partial charge is 0.534 e. The number of aryl methyl sites for hydroxylation is 1. The Morgan fingerprint density at radius 3 is 2.69 bits per heavy atom. The second-order valence-electron chi connectivity index (χ2n) is 8.82. The van der Waals surface area contributed by atoms with Crippen LogP contribution >= 0.6 is 0 Å². The number of anilines is 1. The SMILES string of the molecule is Cc1cc2c(C(N)=O)cccc2n1-c1nc(NCc2cccc(OS(=O)(=O)C(F)(F)F)c2)c2c(n1)OCCC2. The average Bonchev–Trinajstić information content (AvgIpc) is 3.22. The highest BCUT2D eigenvalue weighted by Crippen LogP contribution is 2.33. The number of amides is 1. The molecule has 0 fully saturated rings. The summed E-state index contributed by atoms with van der Waals surface area (Å²) in [6, 6.07) is 12.3. The number of hydrogen-bond acceptors (Lipinski definition) is 8. The van der Waals surface area contributed by atoms with Crippen molar-refractivity contribution in [3.63, 3.8) is 0 Å². The molecule has 10 nitrogen and oxygen atoms in total. The molecule has 0 bridgehead atoms. The minimum absolute atomic E-state index is 0.0867. The fraction of sp³-hybridized carbons (Fsp3) is 0.240. The number of ether oxygens (including phenoxy) is 1. The number of carbonyl (C=O) groups excluding carboxylic acids is 1. The summed E-state index contributed by atoms with van der Waals surface area (Å²) in [6.45, 7) is 2.39. The molecule has 0 spiro atoms. The molecule has 0 radical (unpaired) electrons. The number of hydrogen-bond donors (Lipinski definition) is 2. The van der Waals surface area contributed by atoms with Gasteiger partial charge in [0.2, 0.25) is 17.7 Å². The van der Waals surface area contributed by atoms with E-state index in [9.17, 15) is 26.4 Å². The monoisotopic (exact) mass is 561 g/mol. The Morgan fingerprint density at radius 1 is 1.18 bits per heavy atom. The molecule has 1 amide bonds. The summed E-state index contributed by atoms with van der Waals surface area (Å²) in [5.41, 5.74) is 2.95. The Kier molecular flexibility index (Phi) is 6.58. The first-order valence-electron chi connectivity index (χ1n) is 11.7. The van der Waals surface area contributed by atoms with Crippen molar-refractivity contribution in [2.75, 3.05) is 11.9 Å². The lowest BCUT2D eigenvalue weighted by Gasteiger charge is -2.21. The fourth-order valence-corrected chi connectivity index (χ4v) is 4.82. The van der Waals surface area contributed by atoms with Crippen LogP contribution < -0.4 is 20.0 Å². The number of carbonyl (C=O) groups is 1. The van der Waals surface area contributed by atoms with E-state index < -0.39 is 27.3 Å². The van der Waals surface area contributed by atoms with Crippen molar-refractivity contribution in [1.29, 1.82) is 0 Å². The Morgan fingerprint density at radius 2 is 1.95 bits per heavy atom. The molecular weight excluding hydrogens is 539 g/mol. The third-order valence-corrected chi connectivity index (χ3v) is 7.09. The average molecular weight is 562 g/mol. The first-order valence-corrected chi connectivity index (χ1v) is 13.1. The lowest BCUT2D eigenvalue weighted by Crippen LogP contribution is -2.28. The van der Waals surface area contributed by atoms with Gasteiger partial charge in [-0.1, -0.05) is 18.2 Å². The maximum Gasteiger partial charge on any atom is 0.534 e. The molecule has 4 aromatic rings. The minimum atomic E-state index is -5.80. The summed E-state index contributed by atoms with van der Waals surface area (Å²) < 4.78 is 72.7. The first kappa shape index (κ1) is 26.3. The van der Waals surface area contributed by atoms with Crippen molar-refractivity contribution in [2.45, 2.75) is 31.8 Å². The maximum atomic E-state index is 12.7. The summed E-state index contributed by atoms with van der Waals surface area (Å²) in [7, 11) is -5.80. The molecule has 1 aliphatic heterocycles. The van der Waals surface area contributed by atoms with Crippen LogP contribution in [-0.4, -0.2) is 41.0 Å². The molecule has 3 N–H and O–H groups in total. The summed E-state index contributed by atoms with van der Waals surface area (Å²) in [5, 5.41) is 3.81. The second kappa shape index (κ2) is 9.76. The van der Waals surface area contributed by atoms with E-state index in [1.54, 1.807) is 22.8 Å². The number of nitrogens with one attached hydrogen (secondary N) is 1.